The molecule has 666 valence electrons. The zero-order valence-corrected chi connectivity index (χ0v) is 82.3. The Labute approximate surface area is 821 Å². The predicted octanol–water partition coefficient (Wildman–Crippen LogP) is 33.3. The van der Waals surface area contributed by atoms with Gasteiger partial charge in [0.15, 0.2) is 0 Å². The quantitative estimate of drug-likeness (QED) is 0.0782. The van der Waals surface area contributed by atoms with Crippen molar-refractivity contribution in [2.24, 2.45) is 0 Å². The highest BCUT2D eigenvalue weighted by molar-refractivity contribution is 9.11. The van der Waals surface area contributed by atoms with Crippen LogP contribution in [0.25, 0.3) is 101 Å². The van der Waals surface area contributed by atoms with Crippen LogP contribution < -0.4 is 20.6 Å². The third-order valence-electron chi connectivity index (χ3n) is 23.5. The van der Waals surface area contributed by atoms with Gasteiger partial charge in [0.2, 0.25) is 0 Å². The molecule has 9 nitrogen and oxygen atoms in total. The third kappa shape index (κ3) is 25.2. The first-order valence-electron chi connectivity index (χ1n) is 45.1. The molecule has 20 rings (SSSR count). The third-order valence-corrected chi connectivity index (χ3v) is 25.1. The van der Waals surface area contributed by atoms with Crippen LogP contribution in [0.15, 0.2) is 462 Å². The number of rotatable bonds is 17. The van der Waals surface area contributed by atoms with Gasteiger partial charge in [-0.3, -0.25) is 9.13 Å². The number of fused-ring (bicyclic) bond motifs is 2. The Morgan fingerprint density at radius 1 is 0.244 bits per heavy atom. The number of nitrogens with zero attached hydrogens (tertiary/aromatic N) is 6. The number of benzene rings is 18. The van der Waals surface area contributed by atoms with Gasteiger partial charge < -0.3 is 25.3 Å². The number of aliphatic hydroxyl groups is 2. The number of nitrogens with one attached hydrogen (secondary N) is 1. The smallest absolute Gasteiger partial charge is 0.145 e. The van der Waals surface area contributed by atoms with E-state index in [1.165, 1.54) is 77.9 Å². The van der Waals surface area contributed by atoms with Crippen molar-refractivity contribution in [3.63, 3.8) is 0 Å². The molecule has 135 heavy (non-hydrogen) atoms. The number of para-hydroxylation sites is 6. The second-order valence-electron chi connectivity index (χ2n) is 34.6. The summed E-state index contributed by atoms with van der Waals surface area (Å²) in [6, 6.07) is 157. The first-order valence-corrected chi connectivity index (χ1v) is 47.5. The summed E-state index contributed by atoms with van der Waals surface area (Å²) in [7, 11) is 5.80. The first kappa shape index (κ1) is 95.3. The molecule has 0 aliphatic heterocycles. The van der Waals surface area contributed by atoms with Crippen LogP contribution in [0.3, 0.4) is 0 Å². The van der Waals surface area contributed by atoms with Crippen LogP contribution in [0, 0.1) is 41.5 Å². The van der Waals surface area contributed by atoms with Gasteiger partial charge in [0.05, 0.1) is 33.3 Å². The van der Waals surface area contributed by atoms with E-state index in [1.54, 1.807) is 27.7 Å². The van der Waals surface area contributed by atoms with E-state index in [4.69, 9.17) is 28.0 Å². The lowest BCUT2D eigenvalue weighted by Gasteiger charge is -2.31. The molecule has 0 atom stereocenters. The fourth-order valence-electron chi connectivity index (χ4n) is 15.1. The van der Waals surface area contributed by atoms with E-state index < -0.39 is 11.2 Å². The highest BCUT2D eigenvalue weighted by atomic mass is 79.9. The molecule has 2 heterocycles. The van der Waals surface area contributed by atoms with E-state index >= 15 is 0 Å². The molecular weight excluding hydrogens is 1850 g/mol. The fraction of sp³-hybridized carbons (Fsp3) is 0.0984. The Hall–Kier alpha value is -14.3. The number of halogens is 3. The van der Waals surface area contributed by atoms with Crippen molar-refractivity contribution in [1.82, 2.24) is 19.1 Å². The minimum absolute atomic E-state index is 0.756. The minimum atomic E-state index is -1.01. The van der Waals surface area contributed by atoms with Crippen molar-refractivity contribution < 1.29 is 10.2 Å². The van der Waals surface area contributed by atoms with Crippen molar-refractivity contribution in [1.29, 1.82) is 0 Å². The Balaban J connectivity index is 0.000000136. The van der Waals surface area contributed by atoms with E-state index in [0.29, 0.717) is 0 Å². The topological polar surface area (TPSA) is 94.6 Å². The fourth-order valence-corrected chi connectivity index (χ4v) is 15.9. The molecule has 0 spiro atoms. The van der Waals surface area contributed by atoms with Crippen LogP contribution in [0.4, 0.5) is 45.5 Å². The van der Waals surface area contributed by atoms with Gasteiger partial charge in [0.1, 0.15) is 19.5 Å². The normalized spacial score (nSPS) is 11.0. The molecular formula is C122H107BBr3N7O2. The van der Waals surface area contributed by atoms with Crippen molar-refractivity contribution in [3.05, 3.63) is 496 Å². The maximum Gasteiger partial charge on any atom is 0.145 e. The van der Waals surface area contributed by atoms with Crippen LogP contribution in [-0.4, -0.2) is 48.4 Å². The average Bonchev–Trinajstić information content (AvgIpc) is 1.64. The molecule has 0 bridgehead atoms. The van der Waals surface area contributed by atoms with E-state index in [1.807, 2.05) is 72.8 Å². The highest BCUT2D eigenvalue weighted by Crippen LogP contribution is 2.41. The van der Waals surface area contributed by atoms with Crippen LogP contribution in [0.5, 0.6) is 0 Å². The molecule has 0 aliphatic carbocycles. The molecule has 18 aromatic carbocycles. The minimum Gasteiger partial charge on any atom is -0.387 e. The van der Waals surface area contributed by atoms with Gasteiger partial charge in [-0.15, -0.1) is 0 Å². The molecule has 13 heteroatoms. The predicted molar refractivity (Wildman–Crippen MR) is 583 cm³/mol. The first-order chi connectivity index (χ1) is 65.3. The van der Waals surface area contributed by atoms with E-state index in [9.17, 15) is 0 Å². The van der Waals surface area contributed by atoms with Gasteiger partial charge in [-0.2, -0.15) is 0 Å². The Morgan fingerprint density at radius 2 is 0.444 bits per heavy atom. The zero-order valence-electron chi connectivity index (χ0n) is 77.5. The Morgan fingerprint density at radius 3 is 0.696 bits per heavy atom. The van der Waals surface area contributed by atoms with E-state index in [0.717, 1.165) is 121 Å². The maximum atomic E-state index is 9.10. The summed E-state index contributed by atoms with van der Waals surface area (Å²) in [5.74, 6) is 1.86. The molecule has 0 fully saturated rings. The standard InChI is InChI=1S/C45H35N3.C26H22BrN.C19H13BN2.C14H15N.C12H8Br2.C6H14O2/c1-32-12-26-40(27-13-32)47(41-28-14-33(2)15-29-41)42-30-24-37(25-31-42)35-18-16-34(17-19-35)36-20-22-38(23-21-36)45-46-43-10-6-7-11-44(43)48(45)39-8-4-3-5-9-39;1-19-3-13-24(14-4-19)28(25-15-5-20(2)6-16-25)26-17-9-22(10-18-26)21-7-11-23(27)12-8-21;20-15-12-10-14(11-13-15)19-21-17-8-4-5-9-18(17)22(19)16-6-2-1-3-7-16;1-11-3-7-13(8-4-11)15-14-9-5-12(2)6-10-14;13-11-5-1-9(2-6-11)10-3-7-12(14)8-4-10;1-5(2,7)6(3,4)8/h3-31H,1-2H3;3-18H,1-2H3;1-13H;3-10,15H,1-2H3;1-8H;7-8H,1-4H3. The van der Waals surface area contributed by atoms with Crippen molar-refractivity contribution in [3.8, 4) is 78.7 Å². The number of imidazole rings is 2. The van der Waals surface area contributed by atoms with Gasteiger partial charge in [-0.05, 0) is 296 Å². The Kier molecular flexibility index (Phi) is 31.4. The van der Waals surface area contributed by atoms with Crippen LogP contribution in [0.2, 0.25) is 0 Å². The van der Waals surface area contributed by atoms with Crippen LogP contribution in [-0.2, 0) is 0 Å². The second-order valence-corrected chi connectivity index (χ2v) is 37.3. The maximum absolute atomic E-state index is 9.10. The van der Waals surface area contributed by atoms with Gasteiger partial charge in [-0.25, -0.2) is 9.97 Å². The monoisotopic (exact) mass is 1950 g/mol. The lowest BCUT2D eigenvalue weighted by molar-refractivity contribution is -0.107. The van der Waals surface area contributed by atoms with Crippen molar-refractivity contribution >= 4 is 129 Å². The molecule has 0 saturated heterocycles. The number of anilines is 8. The van der Waals surface area contributed by atoms with Crippen molar-refractivity contribution in [2.45, 2.75) is 80.4 Å². The van der Waals surface area contributed by atoms with E-state index in [2.05, 4.69) is 490 Å². The van der Waals surface area contributed by atoms with Gasteiger partial charge >= 0.3 is 0 Å². The number of hydrogen-bond acceptors (Lipinski definition) is 7. The molecule has 0 saturated carbocycles. The SMILES string of the molecule is Brc1ccc(-c2ccc(Br)cc2)cc1.CC(C)(O)C(C)(C)O.Cc1ccc(N(c2ccc(C)cc2)c2ccc(-c3ccc(-c4ccc(-c5nc6ccccc6n5-c5ccccc5)cc4)cc3)cc2)cc1.Cc1ccc(N(c2ccc(C)cc2)c2ccc(-c3ccc(Br)cc3)cc2)cc1.Cc1ccc(Nc2ccc(C)cc2)cc1.[B]c1ccc(-c2nc3ccccc3n2-c2ccccc2)cc1. The number of aromatic nitrogens is 4. The summed E-state index contributed by atoms with van der Waals surface area (Å²) in [6.45, 7) is 19.0. The van der Waals surface area contributed by atoms with E-state index in [-0.39, 0.29) is 0 Å². The summed E-state index contributed by atoms with van der Waals surface area (Å²) >= 11 is 10.3. The lowest BCUT2D eigenvalue weighted by atomic mass is 9.90. The summed E-state index contributed by atoms with van der Waals surface area (Å²) in [6.07, 6.45) is 0. The molecule has 2 aromatic heterocycles. The molecule has 20 aromatic rings. The number of aryl methyl sites for hydroxylation is 6. The molecule has 0 unspecified atom stereocenters. The second kappa shape index (κ2) is 44.5. The molecule has 0 amide bonds. The lowest BCUT2D eigenvalue weighted by Crippen LogP contribution is -2.44. The van der Waals surface area contributed by atoms with Gasteiger partial charge in [-0.1, -0.05) is 354 Å². The number of hydrogen-bond donors (Lipinski definition) is 3. The summed E-state index contributed by atoms with van der Waals surface area (Å²) in [4.78, 5) is 14.4. The Bertz CT molecular complexity index is 6990. The highest BCUT2D eigenvalue weighted by Gasteiger charge is 2.32. The summed E-state index contributed by atoms with van der Waals surface area (Å²) < 4.78 is 7.74. The molecule has 3 N–H and O–H groups in total. The van der Waals surface area contributed by atoms with Crippen LogP contribution in [0.1, 0.15) is 61.1 Å². The summed E-state index contributed by atoms with van der Waals surface area (Å²) in [5, 5.41) is 21.6. The van der Waals surface area contributed by atoms with Gasteiger partial charge in [0.25, 0.3) is 0 Å². The average molecular weight is 1950 g/mol. The summed E-state index contributed by atoms with van der Waals surface area (Å²) in [5.41, 5.74) is 33.6. The largest absolute Gasteiger partial charge is 0.387 e. The van der Waals surface area contributed by atoms with Crippen LogP contribution >= 0.6 is 47.8 Å². The van der Waals surface area contributed by atoms with Crippen molar-refractivity contribution in [2.75, 3.05) is 15.1 Å². The molecule has 2 radical (unpaired) electrons. The zero-order chi connectivity index (χ0) is 94.5. The molecule has 0 aliphatic rings. The van der Waals surface area contributed by atoms with Gasteiger partial charge in [0, 0.05) is 81.4 Å².